The highest BCUT2D eigenvalue weighted by Crippen LogP contribution is 2.47. The van der Waals surface area contributed by atoms with Crippen molar-refractivity contribution in [2.75, 3.05) is 33.4 Å². The number of rotatable bonds is 6. The molecule has 0 radical (unpaired) electrons. The first kappa shape index (κ1) is 21.7. The Balaban J connectivity index is 1.15. The van der Waals surface area contributed by atoms with Crippen LogP contribution in [0.4, 0.5) is 0 Å². The van der Waals surface area contributed by atoms with Crippen LogP contribution in [0.5, 0.6) is 11.5 Å². The van der Waals surface area contributed by atoms with E-state index in [-0.39, 0.29) is 22.8 Å². The van der Waals surface area contributed by atoms with Crippen molar-refractivity contribution < 1.29 is 19.1 Å². The van der Waals surface area contributed by atoms with Crippen molar-refractivity contribution in [3.8, 4) is 11.5 Å². The van der Waals surface area contributed by atoms with Crippen LogP contribution in [0.3, 0.4) is 0 Å². The van der Waals surface area contributed by atoms with E-state index in [2.05, 4.69) is 4.90 Å². The van der Waals surface area contributed by atoms with Gasteiger partial charge in [0.1, 0.15) is 18.1 Å². The normalized spacial score (nSPS) is 27.2. The predicted molar refractivity (Wildman–Crippen MR) is 122 cm³/mol. The summed E-state index contributed by atoms with van der Waals surface area (Å²) in [5, 5.41) is 0. The summed E-state index contributed by atoms with van der Waals surface area (Å²) in [5.74, 6) is 1.98. The minimum absolute atomic E-state index is 0.00900. The molecule has 2 amide bonds. The Morgan fingerprint density at radius 1 is 0.969 bits per heavy atom. The molecule has 3 fully saturated rings. The van der Waals surface area contributed by atoms with E-state index in [1.165, 1.54) is 12.0 Å². The fourth-order valence-electron chi connectivity index (χ4n) is 6.68. The van der Waals surface area contributed by atoms with Crippen LogP contribution in [0.15, 0.2) is 18.2 Å². The first-order valence-electron chi connectivity index (χ1n) is 12.4. The summed E-state index contributed by atoms with van der Waals surface area (Å²) in [5.41, 5.74) is 1.21. The fraction of sp³-hybridized carbons (Fsp3) is 0.692. The highest BCUT2D eigenvalue weighted by molar-refractivity contribution is 5.98. The maximum atomic E-state index is 12.7. The minimum Gasteiger partial charge on any atom is -0.496 e. The Bertz CT molecular complexity index is 844. The summed E-state index contributed by atoms with van der Waals surface area (Å²) < 4.78 is 11.8. The molecule has 4 aliphatic rings. The number of carbonyl (C=O) groups excluding carboxylic acids is 2. The molecular weight excluding hydrogens is 404 g/mol. The van der Waals surface area contributed by atoms with Crippen LogP contribution in [-0.2, 0) is 16.0 Å². The van der Waals surface area contributed by atoms with Gasteiger partial charge in [-0.15, -0.1) is 0 Å². The third-order valence-electron chi connectivity index (χ3n) is 8.43. The molecule has 1 aromatic rings. The molecule has 2 spiro atoms. The van der Waals surface area contributed by atoms with E-state index in [4.69, 9.17) is 9.47 Å². The first-order chi connectivity index (χ1) is 15.5. The predicted octanol–water partition coefficient (Wildman–Crippen LogP) is 3.95. The Hall–Kier alpha value is -2.08. The quantitative estimate of drug-likeness (QED) is 0.495. The molecule has 1 aliphatic carbocycles. The number of amides is 2. The number of ether oxygens (including phenoxy) is 2. The molecule has 0 bridgehead atoms. The van der Waals surface area contributed by atoms with Gasteiger partial charge in [-0.3, -0.25) is 19.4 Å². The zero-order valence-corrected chi connectivity index (χ0v) is 19.4. The number of likely N-dealkylation sites (tertiary alicyclic amines) is 2. The maximum Gasteiger partial charge on any atom is 0.229 e. The first-order valence-corrected chi connectivity index (χ1v) is 12.4. The van der Waals surface area contributed by atoms with Gasteiger partial charge in [0.2, 0.25) is 11.8 Å². The summed E-state index contributed by atoms with van der Waals surface area (Å²) in [4.78, 5) is 29.5. The second kappa shape index (κ2) is 8.69. The van der Waals surface area contributed by atoms with E-state index in [1.807, 2.05) is 18.2 Å². The Labute approximate surface area is 191 Å². The maximum absolute atomic E-state index is 12.7. The standard InChI is InChI=1S/C26H36N2O4/c1-31-21-8-6-9-22-20(21)16-26(19-32-22)12-7-14-27(26)13-4-5-15-28-23(29)17-25(18-24(28)30)10-2-3-11-25/h6,8-9H,2-5,7,10-19H2,1H3/t26-/m0/s1. The van der Waals surface area contributed by atoms with Gasteiger partial charge in [-0.1, -0.05) is 18.9 Å². The number of hydrogen-bond acceptors (Lipinski definition) is 5. The van der Waals surface area contributed by atoms with Crippen molar-refractivity contribution in [3.05, 3.63) is 23.8 Å². The third kappa shape index (κ3) is 3.91. The van der Waals surface area contributed by atoms with Gasteiger partial charge in [0.15, 0.2) is 0 Å². The molecule has 3 aliphatic heterocycles. The number of carbonyl (C=O) groups is 2. The van der Waals surface area contributed by atoms with Crippen molar-refractivity contribution in [1.29, 1.82) is 0 Å². The second-order valence-corrected chi connectivity index (χ2v) is 10.4. The lowest BCUT2D eigenvalue weighted by Gasteiger charge is -2.42. The number of hydrogen-bond donors (Lipinski definition) is 0. The van der Waals surface area contributed by atoms with E-state index in [0.717, 1.165) is 82.6 Å². The van der Waals surface area contributed by atoms with E-state index < -0.39 is 0 Å². The second-order valence-electron chi connectivity index (χ2n) is 10.4. The molecule has 1 atom stereocenters. The Morgan fingerprint density at radius 3 is 2.47 bits per heavy atom. The van der Waals surface area contributed by atoms with E-state index >= 15 is 0 Å². The fourth-order valence-corrected chi connectivity index (χ4v) is 6.68. The van der Waals surface area contributed by atoms with Gasteiger partial charge in [0, 0.05) is 31.4 Å². The van der Waals surface area contributed by atoms with Crippen molar-refractivity contribution in [1.82, 2.24) is 9.80 Å². The SMILES string of the molecule is COc1cccc2c1C[C@@]1(CCCN1CCCCN1C(=O)CC3(CCCC3)CC1=O)CO2. The number of benzene rings is 1. The highest BCUT2D eigenvalue weighted by atomic mass is 16.5. The molecule has 1 aromatic carbocycles. The molecule has 174 valence electrons. The van der Waals surface area contributed by atoms with Crippen molar-refractivity contribution in [2.45, 2.75) is 76.2 Å². The average molecular weight is 441 g/mol. The van der Waals surface area contributed by atoms with Crippen LogP contribution in [0.1, 0.15) is 69.8 Å². The lowest BCUT2D eigenvalue weighted by atomic mass is 9.76. The Morgan fingerprint density at radius 2 is 1.72 bits per heavy atom. The van der Waals surface area contributed by atoms with Gasteiger partial charge in [-0.2, -0.15) is 0 Å². The van der Waals surface area contributed by atoms with Gasteiger partial charge in [-0.25, -0.2) is 0 Å². The van der Waals surface area contributed by atoms with Crippen molar-refractivity contribution in [3.63, 3.8) is 0 Å². The smallest absolute Gasteiger partial charge is 0.229 e. The van der Waals surface area contributed by atoms with Crippen LogP contribution in [-0.4, -0.2) is 60.5 Å². The van der Waals surface area contributed by atoms with Gasteiger partial charge in [0.05, 0.1) is 12.6 Å². The molecule has 6 nitrogen and oxygen atoms in total. The van der Waals surface area contributed by atoms with Gasteiger partial charge >= 0.3 is 0 Å². The van der Waals surface area contributed by atoms with Gasteiger partial charge < -0.3 is 9.47 Å². The van der Waals surface area contributed by atoms with Gasteiger partial charge in [-0.05, 0) is 69.2 Å². The minimum atomic E-state index is -0.00900. The molecule has 6 heteroatoms. The highest BCUT2D eigenvalue weighted by Gasteiger charge is 2.46. The summed E-state index contributed by atoms with van der Waals surface area (Å²) in [7, 11) is 1.72. The largest absolute Gasteiger partial charge is 0.496 e. The molecule has 0 unspecified atom stereocenters. The summed E-state index contributed by atoms with van der Waals surface area (Å²) in [6.07, 6.45) is 10.7. The topological polar surface area (TPSA) is 59.1 Å². The number of methoxy groups -OCH3 is 1. The number of piperidine rings is 1. The molecule has 32 heavy (non-hydrogen) atoms. The zero-order valence-electron chi connectivity index (χ0n) is 19.4. The number of unbranched alkanes of at least 4 members (excludes halogenated alkanes) is 1. The number of nitrogens with zero attached hydrogens (tertiary/aromatic N) is 2. The van der Waals surface area contributed by atoms with E-state index in [9.17, 15) is 9.59 Å². The van der Waals surface area contributed by atoms with Crippen LogP contribution in [0.2, 0.25) is 0 Å². The lowest BCUT2D eigenvalue weighted by molar-refractivity contribution is -0.153. The summed E-state index contributed by atoms with van der Waals surface area (Å²) >= 11 is 0. The Kier molecular flexibility index (Phi) is 5.91. The monoisotopic (exact) mass is 440 g/mol. The molecule has 0 N–H and O–H groups in total. The molecule has 3 heterocycles. The molecule has 0 aromatic heterocycles. The summed E-state index contributed by atoms with van der Waals surface area (Å²) in [6.45, 7) is 3.35. The van der Waals surface area contributed by atoms with Gasteiger partial charge in [0.25, 0.3) is 0 Å². The van der Waals surface area contributed by atoms with Crippen molar-refractivity contribution in [2.24, 2.45) is 5.41 Å². The summed E-state index contributed by atoms with van der Waals surface area (Å²) in [6, 6.07) is 6.04. The van der Waals surface area contributed by atoms with Crippen LogP contribution < -0.4 is 9.47 Å². The van der Waals surface area contributed by atoms with Crippen LogP contribution in [0, 0.1) is 5.41 Å². The van der Waals surface area contributed by atoms with Crippen LogP contribution >= 0.6 is 0 Å². The third-order valence-corrected chi connectivity index (χ3v) is 8.43. The van der Waals surface area contributed by atoms with E-state index in [0.29, 0.717) is 19.4 Å². The average Bonchev–Trinajstić information content (AvgIpc) is 3.39. The molecule has 5 rings (SSSR count). The zero-order chi connectivity index (χ0) is 22.2. The van der Waals surface area contributed by atoms with Crippen LogP contribution in [0.25, 0.3) is 0 Å². The lowest BCUT2D eigenvalue weighted by Crippen LogP contribution is -2.52. The number of imide groups is 1. The molecule has 1 saturated carbocycles. The van der Waals surface area contributed by atoms with E-state index in [1.54, 1.807) is 12.0 Å². The number of fused-ring (bicyclic) bond motifs is 1. The molecular formula is C26H36N2O4. The van der Waals surface area contributed by atoms with Crippen molar-refractivity contribution >= 4 is 11.8 Å². The molecule has 2 saturated heterocycles.